The first-order valence-electron chi connectivity index (χ1n) is 8.42. The maximum Gasteiger partial charge on any atom is 0.292 e. The highest BCUT2D eigenvalue weighted by molar-refractivity contribution is 9.10. The topological polar surface area (TPSA) is 60.1 Å². The van der Waals surface area contributed by atoms with Crippen LogP contribution in [0.1, 0.15) is 48.0 Å². The molecule has 6 heteroatoms. The van der Waals surface area contributed by atoms with Crippen molar-refractivity contribution >= 4 is 27.7 Å². The Morgan fingerprint density at radius 3 is 2.50 bits per heavy atom. The average Bonchev–Trinajstić information content (AvgIpc) is 3.13. The first kappa shape index (κ1) is 18.5. The van der Waals surface area contributed by atoms with Crippen molar-refractivity contribution in [2.45, 2.75) is 39.7 Å². The minimum absolute atomic E-state index is 0.124. The van der Waals surface area contributed by atoms with Crippen LogP contribution >= 0.6 is 15.9 Å². The molecule has 0 aliphatic carbocycles. The van der Waals surface area contributed by atoms with Gasteiger partial charge in [0.25, 0.3) is 5.91 Å². The van der Waals surface area contributed by atoms with E-state index in [-0.39, 0.29) is 11.3 Å². The smallest absolute Gasteiger partial charge is 0.292 e. The van der Waals surface area contributed by atoms with Crippen LogP contribution in [0.5, 0.6) is 0 Å². The van der Waals surface area contributed by atoms with E-state index in [1.807, 2.05) is 6.92 Å². The van der Waals surface area contributed by atoms with E-state index in [9.17, 15) is 4.79 Å². The highest BCUT2D eigenvalue weighted by Crippen LogP contribution is 2.23. The lowest BCUT2D eigenvalue weighted by atomic mass is 9.87. The molecule has 1 aromatic carbocycles. The fourth-order valence-electron chi connectivity index (χ4n) is 2.69. The van der Waals surface area contributed by atoms with E-state index in [4.69, 9.17) is 4.42 Å². The molecule has 136 valence electrons. The van der Waals surface area contributed by atoms with E-state index in [2.05, 4.69) is 71.4 Å². The van der Waals surface area contributed by atoms with Crippen molar-refractivity contribution < 1.29 is 9.21 Å². The van der Waals surface area contributed by atoms with Crippen molar-refractivity contribution in [3.63, 3.8) is 0 Å². The van der Waals surface area contributed by atoms with Crippen LogP contribution in [0.4, 0.5) is 5.82 Å². The molecule has 2 heterocycles. The molecule has 26 heavy (non-hydrogen) atoms. The molecule has 1 N–H and O–H groups in total. The van der Waals surface area contributed by atoms with E-state index in [1.54, 1.807) is 23.0 Å². The van der Waals surface area contributed by atoms with Gasteiger partial charge in [0.15, 0.2) is 10.4 Å². The third-order valence-corrected chi connectivity index (χ3v) is 4.60. The Morgan fingerprint density at radius 2 is 1.92 bits per heavy atom. The van der Waals surface area contributed by atoms with Crippen LogP contribution in [0.15, 0.2) is 51.7 Å². The first-order valence-corrected chi connectivity index (χ1v) is 9.22. The van der Waals surface area contributed by atoms with Crippen molar-refractivity contribution in [2.75, 3.05) is 5.32 Å². The number of benzene rings is 1. The Hall–Kier alpha value is -2.34. The van der Waals surface area contributed by atoms with Crippen molar-refractivity contribution in [3.05, 3.63) is 69.7 Å². The molecular formula is C20H22BrN3O2. The average molecular weight is 416 g/mol. The Balaban J connectivity index is 1.74. The van der Waals surface area contributed by atoms with Gasteiger partial charge in [0, 0.05) is 11.6 Å². The van der Waals surface area contributed by atoms with Gasteiger partial charge >= 0.3 is 0 Å². The van der Waals surface area contributed by atoms with Gasteiger partial charge in [-0.3, -0.25) is 4.79 Å². The molecule has 1 amide bonds. The van der Waals surface area contributed by atoms with Gasteiger partial charge in [-0.25, -0.2) is 4.68 Å². The second-order valence-electron chi connectivity index (χ2n) is 7.34. The highest BCUT2D eigenvalue weighted by atomic mass is 79.9. The lowest BCUT2D eigenvalue weighted by Gasteiger charge is -2.19. The molecule has 0 saturated carbocycles. The maximum atomic E-state index is 12.4. The largest absolute Gasteiger partial charge is 0.444 e. The molecule has 0 spiro atoms. The molecule has 3 aromatic rings. The third kappa shape index (κ3) is 4.07. The minimum Gasteiger partial charge on any atom is -0.444 e. The van der Waals surface area contributed by atoms with Gasteiger partial charge in [0.05, 0.1) is 12.7 Å². The first-order chi connectivity index (χ1) is 12.2. The number of aromatic nitrogens is 2. The van der Waals surface area contributed by atoms with Crippen molar-refractivity contribution in [2.24, 2.45) is 0 Å². The molecule has 0 radical (unpaired) electrons. The van der Waals surface area contributed by atoms with Crippen molar-refractivity contribution in [1.82, 2.24) is 9.78 Å². The molecule has 0 bridgehead atoms. The van der Waals surface area contributed by atoms with Crippen LogP contribution in [0.3, 0.4) is 0 Å². The summed E-state index contributed by atoms with van der Waals surface area (Å²) in [6, 6.07) is 12.0. The number of aryl methyl sites for hydroxylation is 1. The Labute approximate surface area is 161 Å². The van der Waals surface area contributed by atoms with Gasteiger partial charge < -0.3 is 9.73 Å². The number of furan rings is 1. The second-order valence-corrected chi connectivity index (χ2v) is 8.12. The molecule has 0 atom stereocenters. The molecular weight excluding hydrogens is 394 g/mol. The molecule has 0 aliphatic rings. The van der Waals surface area contributed by atoms with Gasteiger partial charge in [-0.05, 0) is 45.5 Å². The highest BCUT2D eigenvalue weighted by Gasteiger charge is 2.17. The molecule has 0 unspecified atom stereocenters. The second kappa shape index (κ2) is 7.11. The monoisotopic (exact) mass is 415 g/mol. The molecule has 5 nitrogen and oxygen atoms in total. The van der Waals surface area contributed by atoms with E-state index < -0.39 is 0 Å². The molecule has 0 saturated heterocycles. The minimum atomic E-state index is -0.293. The number of nitrogens with zero attached hydrogens (tertiary/aromatic N) is 2. The quantitative estimate of drug-likeness (QED) is 0.640. The van der Waals surface area contributed by atoms with Gasteiger partial charge in [-0.15, -0.1) is 0 Å². The normalized spacial score (nSPS) is 11.6. The van der Waals surface area contributed by atoms with Crippen LogP contribution in [-0.2, 0) is 12.0 Å². The zero-order valence-electron chi connectivity index (χ0n) is 15.3. The van der Waals surface area contributed by atoms with Crippen LogP contribution in [0, 0.1) is 6.92 Å². The van der Waals surface area contributed by atoms with Gasteiger partial charge in [0.2, 0.25) is 0 Å². The predicted octanol–water partition coefficient (Wildman–Crippen LogP) is 5.15. The SMILES string of the molecule is Cc1cc(Br)oc1C(=O)Nc1ccnn1Cc1ccc(C(C)(C)C)cc1. The summed E-state index contributed by atoms with van der Waals surface area (Å²) in [6.07, 6.45) is 1.67. The molecule has 3 rings (SSSR count). The predicted molar refractivity (Wildman–Crippen MR) is 106 cm³/mol. The van der Waals surface area contributed by atoms with Gasteiger partial charge in [-0.1, -0.05) is 45.0 Å². The zero-order valence-corrected chi connectivity index (χ0v) is 16.9. The molecule has 0 fully saturated rings. The Morgan fingerprint density at radius 1 is 1.23 bits per heavy atom. The summed E-state index contributed by atoms with van der Waals surface area (Å²) in [7, 11) is 0. The van der Waals surface area contributed by atoms with Crippen molar-refractivity contribution in [3.8, 4) is 0 Å². The van der Waals surface area contributed by atoms with E-state index in [0.717, 1.165) is 11.1 Å². The summed E-state index contributed by atoms with van der Waals surface area (Å²) in [5.41, 5.74) is 3.31. The Kier molecular flexibility index (Phi) is 5.05. The summed E-state index contributed by atoms with van der Waals surface area (Å²) in [6.45, 7) is 8.99. The van der Waals surface area contributed by atoms with E-state index in [0.29, 0.717) is 22.8 Å². The number of amides is 1. The summed E-state index contributed by atoms with van der Waals surface area (Å²) < 4.78 is 7.70. The Bertz CT molecular complexity index is 917. The summed E-state index contributed by atoms with van der Waals surface area (Å²) in [4.78, 5) is 12.4. The molecule has 2 aromatic heterocycles. The van der Waals surface area contributed by atoms with E-state index in [1.165, 1.54) is 5.56 Å². The summed E-state index contributed by atoms with van der Waals surface area (Å²) in [5.74, 6) is 0.624. The fourth-order valence-corrected chi connectivity index (χ4v) is 3.19. The number of carbonyl (C=O) groups excluding carboxylic acids is 1. The zero-order chi connectivity index (χ0) is 18.9. The maximum absolute atomic E-state index is 12.4. The number of anilines is 1. The number of halogens is 1. The third-order valence-electron chi connectivity index (χ3n) is 4.20. The van der Waals surface area contributed by atoms with Crippen LogP contribution in [0.2, 0.25) is 0 Å². The van der Waals surface area contributed by atoms with Crippen LogP contribution in [-0.4, -0.2) is 15.7 Å². The summed E-state index contributed by atoms with van der Waals surface area (Å²) in [5, 5.41) is 7.18. The lowest BCUT2D eigenvalue weighted by Crippen LogP contribution is -2.16. The molecule has 0 aliphatic heterocycles. The number of hydrogen-bond donors (Lipinski definition) is 1. The van der Waals surface area contributed by atoms with Crippen LogP contribution < -0.4 is 5.32 Å². The standard InChI is InChI=1S/C20H22BrN3O2/c1-13-11-16(21)26-18(13)19(25)23-17-9-10-22-24(17)12-14-5-7-15(8-6-14)20(2,3)4/h5-11H,12H2,1-4H3,(H,23,25). The van der Waals surface area contributed by atoms with E-state index >= 15 is 0 Å². The van der Waals surface area contributed by atoms with Crippen molar-refractivity contribution in [1.29, 1.82) is 0 Å². The lowest BCUT2D eigenvalue weighted by molar-refractivity contribution is 0.0993. The van der Waals surface area contributed by atoms with Crippen LogP contribution in [0.25, 0.3) is 0 Å². The number of hydrogen-bond acceptors (Lipinski definition) is 3. The number of carbonyl (C=O) groups is 1. The number of nitrogens with one attached hydrogen (secondary N) is 1. The summed E-state index contributed by atoms with van der Waals surface area (Å²) >= 11 is 3.24. The van der Waals surface area contributed by atoms with Gasteiger partial charge in [-0.2, -0.15) is 5.10 Å². The van der Waals surface area contributed by atoms with Gasteiger partial charge in [0.1, 0.15) is 5.82 Å². The fraction of sp³-hybridized carbons (Fsp3) is 0.300. The number of rotatable bonds is 4.